The molecule has 0 aliphatic rings. The molecule has 3 aromatic carbocycles. The molecule has 0 unspecified atom stereocenters. The van der Waals surface area contributed by atoms with E-state index in [9.17, 15) is 26.0 Å². The molecule has 4 aromatic rings. The van der Waals surface area contributed by atoms with Crippen LogP contribution in [0.4, 0.5) is 23.4 Å². The summed E-state index contributed by atoms with van der Waals surface area (Å²) >= 11 is 0. The predicted octanol–water partition coefficient (Wildman–Crippen LogP) is 7.33. The van der Waals surface area contributed by atoms with E-state index >= 15 is 0 Å². The van der Waals surface area contributed by atoms with E-state index in [-0.39, 0.29) is 22.2 Å². The van der Waals surface area contributed by atoms with Gasteiger partial charge in [0.2, 0.25) is 0 Å². The summed E-state index contributed by atoms with van der Waals surface area (Å²) in [5, 5.41) is 0. The fourth-order valence-corrected chi connectivity index (χ4v) is 4.92. The largest absolute Gasteiger partial charge is 0.490 e. The number of nitrogens with zero attached hydrogens (tertiary/aromatic N) is 2. The normalized spacial score (nSPS) is 12.3. The highest BCUT2D eigenvalue weighted by Crippen LogP contribution is 2.39. The lowest BCUT2D eigenvalue weighted by atomic mass is 9.94. The molecule has 0 radical (unpaired) electrons. The fourth-order valence-electron chi connectivity index (χ4n) is 3.91. The third-order valence-electron chi connectivity index (χ3n) is 6.34. The second-order valence-corrected chi connectivity index (χ2v) is 11.6. The fraction of sp³-hybridized carbons (Fsp3) is 0.241. The van der Waals surface area contributed by atoms with Crippen LogP contribution in [0.3, 0.4) is 0 Å². The Labute approximate surface area is 230 Å². The second kappa shape index (κ2) is 10.9. The first-order valence-electron chi connectivity index (χ1n) is 12.2. The van der Waals surface area contributed by atoms with Crippen LogP contribution in [0.15, 0.2) is 77.8 Å². The molecule has 11 heteroatoms. The Morgan fingerprint density at radius 2 is 1.55 bits per heavy atom. The number of sulfonamides is 1. The van der Waals surface area contributed by atoms with E-state index in [1.807, 2.05) is 32.0 Å². The lowest BCUT2D eigenvalue weighted by Gasteiger charge is -2.27. The molecule has 6 nitrogen and oxygen atoms in total. The number of anilines is 1. The van der Waals surface area contributed by atoms with Crippen molar-refractivity contribution in [1.29, 1.82) is 0 Å². The maximum atomic E-state index is 14.6. The van der Waals surface area contributed by atoms with Crippen LogP contribution in [-0.4, -0.2) is 31.2 Å². The number of rotatable bonds is 8. The Kier molecular flexibility index (Phi) is 7.89. The van der Waals surface area contributed by atoms with Gasteiger partial charge in [0.05, 0.1) is 27.9 Å². The summed E-state index contributed by atoms with van der Waals surface area (Å²) in [4.78, 5) is 9.08. The number of aromatic nitrogens is 2. The van der Waals surface area contributed by atoms with E-state index in [1.54, 1.807) is 18.2 Å². The van der Waals surface area contributed by atoms with E-state index in [0.717, 1.165) is 31.0 Å². The first-order chi connectivity index (χ1) is 18.7. The van der Waals surface area contributed by atoms with E-state index in [0.29, 0.717) is 16.8 Å². The number of benzene rings is 3. The number of alkyl halides is 3. The van der Waals surface area contributed by atoms with E-state index in [1.165, 1.54) is 30.5 Å². The zero-order valence-electron chi connectivity index (χ0n) is 22.2. The maximum absolute atomic E-state index is 14.6. The van der Waals surface area contributed by atoms with Gasteiger partial charge < -0.3 is 4.74 Å². The van der Waals surface area contributed by atoms with Crippen LogP contribution in [0.1, 0.15) is 25.0 Å². The molecular formula is C29H27F4N3O3S. The van der Waals surface area contributed by atoms with E-state index in [4.69, 9.17) is 4.74 Å². The van der Waals surface area contributed by atoms with E-state index in [2.05, 4.69) is 14.7 Å². The molecular weight excluding hydrogens is 546 g/mol. The van der Waals surface area contributed by atoms with Crippen LogP contribution in [0.5, 0.6) is 5.75 Å². The number of halogens is 4. The molecule has 0 saturated carbocycles. The van der Waals surface area contributed by atoms with Gasteiger partial charge in [0.1, 0.15) is 6.61 Å². The van der Waals surface area contributed by atoms with Crippen molar-refractivity contribution in [2.45, 2.75) is 38.8 Å². The highest BCUT2D eigenvalue weighted by molar-refractivity contribution is 7.92. The third kappa shape index (κ3) is 6.09. The van der Waals surface area contributed by atoms with Gasteiger partial charge in [-0.3, -0.25) is 9.71 Å². The molecule has 210 valence electrons. The summed E-state index contributed by atoms with van der Waals surface area (Å²) in [5.74, 6) is -1.26. The summed E-state index contributed by atoms with van der Waals surface area (Å²) in [6.07, 6.45) is -3.32. The quantitative estimate of drug-likeness (QED) is 0.223. The van der Waals surface area contributed by atoms with Crippen molar-refractivity contribution in [3.8, 4) is 28.3 Å². The molecule has 0 amide bonds. The Hall–Kier alpha value is -3.99. The van der Waals surface area contributed by atoms with Crippen LogP contribution < -0.4 is 9.46 Å². The van der Waals surface area contributed by atoms with Crippen LogP contribution in [-0.2, 0) is 10.0 Å². The summed E-state index contributed by atoms with van der Waals surface area (Å²) < 4.78 is 88.1. The van der Waals surface area contributed by atoms with Crippen LogP contribution in [0, 0.1) is 25.1 Å². The number of hydrogen-bond acceptors (Lipinski definition) is 5. The van der Waals surface area contributed by atoms with Gasteiger partial charge in [0, 0.05) is 11.1 Å². The Bertz CT molecular complexity index is 1620. The summed E-state index contributed by atoms with van der Waals surface area (Å²) in [5.41, 5.74) is 1.00. The van der Waals surface area contributed by atoms with Gasteiger partial charge in [-0.15, -0.1) is 0 Å². The zero-order valence-corrected chi connectivity index (χ0v) is 23.0. The first-order valence-corrected chi connectivity index (χ1v) is 13.7. The number of ether oxygens (including phenoxy) is 1. The average molecular weight is 574 g/mol. The van der Waals surface area contributed by atoms with Crippen molar-refractivity contribution < 1.29 is 30.7 Å². The van der Waals surface area contributed by atoms with Gasteiger partial charge in [-0.2, -0.15) is 13.2 Å². The minimum atomic E-state index is -4.55. The molecule has 1 N–H and O–H groups in total. The summed E-state index contributed by atoms with van der Waals surface area (Å²) in [6, 6.07) is 17.1. The molecule has 0 aliphatic heterocycles. The van der Waals surface area contributed by atoms with Crippen LogP contribution >= 0.6 is 0 Å². The van der Waals surface area contributed by atoms with Crippen molar-refractivity contribution in [3.05, 3.63) is 89.9 Å². The Balaban J connectivity index is 1.80. The molecule has 40 heavy (non-hydrogen) atoms. The minimum absolute atomic E-state index is 0.0385. The number of aryl methyl sites for hydroxylation is 2. The summed E-state index contributed by atoms with van der Waals surface area (Å²) in [7, 11) is -3.97. The van der Waals surface area contributed by atoms with Crippen molar-refractivity contribution in [1.82, 2.24) is 9.97 Å². The van der Waals surface area contributed by atoms with Crippen LogP contribution in [0.25, 0.3) is 22.5 Å². The van der Waals surface area contributed by atoms with Crippen molar-refractivity contribution in [2.75, 3.05) is 11.3 Å². The lowest BCUT2D eigenvalue weighted by Crippen LogP contribution is -2.37. The summed E-state index contributed by atoms with van der Waals surface area (Å²) in [6.45, 7) is 4.84. The highest BCUT2D eigenvalue weighted by atomic mass is 32.2. The Morgan fingerprint density at radius 3 is 2.17 bits per heavy atom. The number of nitrogens with one attached hydrogen (secondary N) is 1. The van der Waals surface area contributed by atoms with Gasteiger partial charge in [-0.25, -0.2) is 17.8 Å². The van der Waals surface area contributed by atoms with Gasteiger partial charge in [0.25, 0.3) is 10.0 Å². The Morgan fingerprint density at radius 1 is 0.900 bits per heavy atom. The van der Waals surface area contributed by atoms with Crippen molar-refractivity contribution >= 4 is 15.8 Å². The van der Waals surface area contributed by atoms with Gasteiger partial charge in [0.15, 0.2) is 17.4 Å². The van der Waals surface area contributed by atoms with Crippen molar-refractivity contribution in [2.24, 2.45) is 5.41 Å². The molecule has 4 rings (SSSR count). The van der Waals surface area contributed by atoms with Gasteiger partial charge in [-0.05, 0) is 69.2 Å². The van der Waals surface area contributed by atoms with Gasteiger partial charge >= 0.3 is 6.18 Å². The molecule has 0 bridgehead atoms. The number of hydrogen-bond donors (Lipinski definition) is 1. The zero-order chi connectivity index (χ0) is 29.3. The third-order valence-corrected chi connectivity index (χ3v) is 7.71. The lowest BCUT2D eigenvalue weighted by molar-refractivity contribution is -0.219. The monoisotopic (exact) mass is 573 g/mol. The topological polar surface area (TPSA) is 81.2 Å². The first kappa shape index (κ1) is 29.0. The van der Waals surface area contributed by atoms with Gasteiger partial charge in [-0.1, -0.05) is 36.4 Å². The highest BCUT2D eigenvalue weighted by Gasteiger charge is 2.48. The molecule has 1 aromatic heterocycles. The molecule has 0 fully saturated rings. The van der Waals surface area contributed by atoms with Crippen LogP contribution in [0.2, 0.25) is 0 Å². The predicted molar refractivity (Wildman–Crippen MR) is 145 cm³/mol. The average Bonchev–Trinajstić information content (AvgIpc) is 2.88. The molecule has 1 heterocycles. The van der Waals surface area contributed by atoms with E-state index < -0.39 is 34.0 Å². The maximum Gasteiger partial charge on any atom is 0.397 e. The SMILES string of the molecule is Cc1cccc(C)c1-c1nc(NS(=O)(=O)c2ccccc2)cnc1-c1ccc(F)c(OCC(C)(C)C(F)(F)F)c1. The van der Waals surface area contributed by atoms with Crippen molar-refractivity contribution in [3.63, 3.8) is 0 Å². The second-order valence-electron chi connectivity index (χ2n) is 9.95. The minimum Gasteiger partial charge on any atom is -0.490 e. The molecule has 0 saturated heterocycles. The molecule has 0 aliphatic carbocycles. The molecule has 0 spiro atoms. The standard InChI is InChI=1S/C29H27F4N3O3S/c1-18-9-8-10-19(2)25(18)27-26(34-16-24(35-27)36-40(37,38)21-11-6-5-7-12-21)20-13-14-22(30)23(15-20)39-17-28(3,4)29(31,32)33/h5-16H,17H2,1-4H3,(H,35,36). The molecule has 0 atom stereocenters. The smallest absolute Gasteiger partial charge is 0.397 e.